The Hall–Kier alpha value is -4.51. The third kappa shape index (κ3) is 5.40. The fraction of sp³-hybridized carbons (Fsp3) is 0.120. The Labute approximate surface area is 190 Å². The van der Waals surface area contributed by atoms with Crippen LogP contribution in [-0.2, 0) is 11.3 Å². The molecule has 0 fully saturated rings. The highest BCUT2D eigenvalue weighted by atomic mass is 19.1. The number of aryl methyl sites for hydroxylation is 1. The first kappa shape index (κ1) is 21.7. The van der Waals surface area contributed by atoms with E-state index in [-0.39, 0.29) is 11.4 Å². The van der Waals surface area contributed by atoms with Crippen LogP contribution in [0.5, 0.6) is 0 Å². The van der Waals surface area contributed by atoms with Crippen molar-refractivity contribution in [2.24, 2.45) is 0 Å². The Morgan fingerprint density at radius 1 is 1.15 bits per heavy atom. The van der Waals surface area contributed by atoms with Crippen LogP contribution in [0.3, 0.4) is 0 Å². The van der Waals surface area contributed by atoms with Crippen molar-refractivity contribution in [2.75, 3.05) is 6.54 Å². The highest BCUT2D eigenvalue weighted by Gasteiger charge is 2.15. The van der Waals surface area contributed by atoms with Gasteiger partial charge in [0.15, 0.2) is 0 Å². The van der Waals surface area contributed by atoms with Crippen molar-refractivity contribution in [3.63, 3.8) is 0 Å². The number of hydrogen-bond donors (Lipinski definition) is 1. The van der Waals surface area contributed by atoms with Gasteiger partial charge < -0.3 is 9.88 Å². The summed E-state index contributed by atoms with van der Waals surface area (Å²) in [5, 5.41) is 17.0. The number of benzene rings is 2. The largest absolute Gasteiger partial charge is 0.351 e. The Morgan fingerprint density at radius 3 is 2.64 bits per heavy atom. The molecule has 33 heavy (non-hydrogen) atoms. The van der Waals surface area contributed by atoms with Gasteiger partial charge in [0, 0.05) is 42.8 Å². The van der Waals surface area contributed by atoms with E-state index in [9.17, 15) is 14.4 Å². The maximum absolute atomic E-state index is 13.4. The molecular weight excluding hydrogens is 419 g/mol. The lowest BCUT2D eigenvalue weighted by Gasteiger charge is -2.05. The van der Waals surface area contributed by atoms with Crippen molar-refractivity contribution in [2.45, 2.75) is 13.0 Å². The lowest BCUT2D eigenvalue weighted by Crippen LogP contribution is -2.26. The summed E-state index contributed by atoms with van der Waals surface area (Å²) in [5.41, 5.74) is 2.59. The molecule has 1 amide bonds. The molecule has 0 aliphatic heterocycles. The predicted octanol–water partition coefficient (Wildman–Crippen LogP) is 3.99. The van der Waals surface area contributed by atoms with E-state index in [2.05, 4.69) is 15.4 Å². The zero-order chi connectivity index (χ0) is 23.0. The number of amides is 1. The molecule has 0 saturated carbocycles. The summed E-state index contributed by atoms with van der Waals surface area (Å²) in [5.74, 6) is -0.813. The number of hydrogen-bond acceptors (Lipinski definition) is 4. The van der Waals surface area contributed by atoms with Gasteiger partial charge in [-0.1, -0.05) is 18.2 Å². The van der Waals surface area contributed by atoms with Crippen LogP contribution in [-0.4, -0.2) is 31.8 Å². The number of halogens is 1. The van der Waals surface area contributed by atoms with Crippen molar-refractivity contribution in [3.05, 3.63) is 96.5 Å². The summed E-state index contributed by atoms with van der Waals surface area (Å²) in [6.07, 6.45) is 9.22. The molecular formula is C25H21FN6O. The minimum atomic E-state index is -0.458. The maximum Gasteiger partial charge on any atom is 0.261 e. The van der Waals surface area contributed by atoms with Gasteiger partial charge in [-0.3, -0.25) is 4.79 Å². The molecule has 0 aliphatic carbocycles. The van der Waals surface area contributed by atoms with Gasteiger partial charge >= 0.3 is 0 Å². The summed E-state index contributed by atoms with van der Waals surface area (Å²) in [6.45, 7) is 1.13. The number of nitriles is 1. The predicted molar refractivity (Wildman–Crippen MR) is 122 cm³/mol. The first-order valence-electron chi connectivity index (χ1n) is 10.4. The van der Waals surface area contributed by atoms with Crippen molar-refractivity contribution < 1.29 is 9.18 Å². The molecule has 2 heterocycles. The van der Waals surface area contributed by atoms with E-state index in [1.54, 1.807) is 35.5 Å². The van der Waals surface area contributed by atoms with Gasteiger partial charge in [0.25, 0.3) is 5.91 Å². The summed E-state index contributed by atoms with van der Waals surface area (Å²) in [6, 6.07) is 17.4. The average Bonchev–Trinajstić information content (AvgIpc) is 3.51. The van der Waals surface area contributed by atoms with Crippen LogP contribution in [0.15, 0.2) is 85.1 Å². The molecule has 0 atom stereocenters. The number of carbonyl (C=O) groups is 1. The van der Waals surface area contributed by atoms with E-state index >= 15 is 0 Å². The summed E-state index contributed by atoms with van der Waals surface area (Å²) in [4.78, 5) is 16.6. The normalized spacial score (nSPS) is 11.2. The molecule has 7 nitrogen and oxygen atoms in total. The number of nitrogens with zero attached hydrogens (tertiary/aromatic N) is 5. The van der Waals surface area contributed by atoms with E-state index in [4.69, 9.17) is 0 Å². The van der Waals surface area contributed by atoms with E-state index in [1.807, 2.05) is 47.2 Å². The summed E-state index contributed by atoms with van der Waals surface area (Å²) < 4.78 is 17.0. The maximum atomic E-state index is 13.4. The fourth-order valence-electron chi connectivity index (χ4n) is 3.32. The van der Waals surface area contributed by atoms with Crippen LogP contribution < -0.4 is 5.32 Å². The second-order valence-corrected chi connectivity index (χ2v) is 7.30. The molecule has 164 valence electrons. The highest BCUT2D eigenvalue weighted by Crippen LogP contribution is 2.26. The molecule has 2 aromatic carbocycles. The number of imidazole rings is 1. The first-order valence-corrected chi connectivity index (χ1v) is 10.4. The lowest BCUT2D eigenvalue weighted by molar-refractivity contribution is -0.117. The molecule has 0 radical (unpaired) electrons. The Kier molecular flexibility index (Phi) is 6.71. The Bertz CT molecular complexity index is 1290. The highest BCUT2D eigenvalue weighted by molar-refractivity contribution is 6.02. The van der Waals surface area contributed by atoms with Crippen molar-refractivity contribution in [1.29, 1.82) is 5.26 Å². The molecule has 2 aromatic heterocycles. The number of aromatic nitrogens is 4. The molecule has 0 aliphatic rings. The summed E-state index contributed by atoms with van der Waals surface area (Å²) in [7, 11) is 0. The van der Waals surface area contributed by atoms with Crippen LogP contribution in [0.25, 0.3) is 23.0 Å². The van der Waals surface area contributed by atoms with Crippen LogP contribution in [0.4, 0.5) is 4.39 Å². The average molecular weight is 440 g/mol. The molecule has 0 bridgehead atoms. The summed E-state index contributed by atoms with van der Waals surface area (Å²) >= 11 is 0. The van der Waals surface area contributed by atoms with Gasteiger partial charge in [-0.25, -0.2) is 14.1 Å². The van der Waals surface area contributed by atoms with Crippen LogP contribution in [0, 0.1) is 17.1 Å². The van der Waals surface area contributed by atoms with Crippen LogP contribution >= 0.6 is 0 Å². The number of rotatable bonds is 8. The topological polar surface area (TPSA) is 88.5 Å². The second-order valence-electron chi connectivity index (χ2n) is 7.30. The molecule has 0 unspecified atom stereocenters. The van der Waals surface area contributed by atoms with E-state index in [1.165, 1.54) is 18.2 Å². The third-order valence-electron chi connectivity index (χ3n) is 4.98. The van der Waals surface area contributed by atoms with Crippen LogP contribution in [0.1, 0.15) is 12.0 Å². The zero-order valence-electron chi connectivity index (χ0n) is 17.7. The second kappa shape index (κ2) is 10.2. The molecule has 8 heteroatoms. The minimum absolute atomic E-state index is 0.0337. The number of para-hydroxylation sites is 1. The van der Waals surface area contributed by atoms with Gasteiger partial charge in [-0.15, -0.1) is 0 Å². The third-order valence-corrected chi connectivity index (χ3v) is 4.98. The number of nitrogens with one attached hydrogen (secondary N) is 1. The SMILES string of the molecule is N#C/C(=C\c1cn(-c2ccccc2)nc1-c1ccc(F)cc1)C(=O)NCCCn1ccnc1. The molecule has 4 aromatic rings. The van der Waals surface area contributed by atoms with Crippen LogP contribution in [0.2, 0.25) is 0 Å². The van der Waals surface area contributed by atoms with Crippen molar-refractivity contribution in [3.8, 4) is 23.0 Å². The molecule has 0 spiro atoms. The monoisotopic (exact) mass is 440 g/mol. The Morgan fingerprint density at radius 2 is 1.94 bits per heavy atom. The van der Waals surface area contributed by atoms with Gasteiger partial charge in [0.2, 0.25) is 0 Å². The minimum Gasteiger partial charge on any atom is -0.351 e. The van der Waals surface area contributed by atoms with E-state index < -0.39 is 5.91 Å². The lowest BCUT2D eigenvalue weighted by atomic mass is 10.1. The van der Waals surface area contributed by atoms with Gasteiger partial charge in [-0.2, -0.15) is 10.4 Å². The standard InChI is InChI=1S/C25H21FN6O/c26-22-9-7-19(8-10-22)24-21(17-32(30-24)23-5-2-1-3-6-23)15-20(16-27)25(33)29-11-4-13-31-14-12-28-18-31/h1-3,5-10,12,14-15,17-18H,4,11,13H2,(H,29,33)/b20-15+. The molecule has 1 N–H and O–H groups in total. The van der Waals surface area contributed by atoms with Gasteiger partial charge in [-0.05, 0) is 48.9 Å². The van der Waals surface area contributed by atoms with E-state index in [0.29, 0.717) is 36.3 Å². The Balaban J connectivity index is 1.58. The first-order chi connectivity index (χ1) is 16.1. The van der Waals surface area contributed by atoms with E-state index in [0.717, 1.165) is 5.69 Å². The quantitative estimate of drug-likeness (QED) is 0.255. The molecule has 0 saturated heterocycles. The van der Waals surface area contributed by atoms with Gasteiger partial charge in [0.05, 0.1) is 17.7 Å². The van der Waals surface area contributed by atoms with Crippen molar-refractivity contribution in [1.82, 2.24) is 24.6 Å². The van der Waals surface area contributed by atoms with Gasteiger partial charge in [0.1, 0.15) is 17.5 Å². The number of carbonyl (C=O) groups excluding carboxylic acids is 1. The van der Waals surface area contributed by atoms with Crippen molar-refractivity contribution >= 4 is 12.0 Å². The molecule has 4 rings (SSSR count). The fourth-order valence-corrected chi connectivity index (χ4v) is 3.32. The zero-order valence-corrected chi connectivity index (χ0v) is 17.7. The smallest absolute Gasteiger partial charge is 0.261 e.